The van der Waals surface area contributed by atoms with Gasteiger partial charge in [-0.15, -0.1) is 12.4 Å². The Labute approximate surface area is 66.0 Å². The number of rotatable bonds is 4. The minimum Gasteiger partial charge on any atom is -0.480 e. The molecule has 0 aliphatic heterocycles. The van der Waals surface area contributed by atoms with Gasteiger partial charge in [-0.2, -0.15) is 0 Å². The van der Waals surface area contributed by atoms with E-state index < -0.39 is 12.0 Å². The number of aliphatic carboxylic acids is 1. The van der Waals surface area contributed by atoms with E-state index in [1.807, 2.05) is 0 Å². The summed E-state index contributed by atoms with van der Waals surface area (Å²) in [5.74, 6) is -0.955. The molecule has 0 spiro atoms. The molecule has 0 saturated heterocycles. The van der Waals surface area contributed by atoms with Crippen molar-refractivity contribution in [3.05, 3.63) is 0 Å². The van der Waals surface area contributed by atoms with Crippen molar-refractivity contribution in [2.24, 2.45) is 11.5 Å². The molecule has 5 heteroatoms. The van der Waals surface area contributed by atoms with Crippen molar-refractivity contribution >= 4 is 18.4 Å². The summed E-state index contributed by atoms with van der Waals surface area (Å²) < 4.78 is 0. The number of halogens is 1. The predicted molar refractivity (Wildman–Crippen MR) is 41.1 cm³/mol. The molecule has 5 N–H and O–H groups in total. The Bertz CT molecular complexity index is 99.6. The Morgan fingerprint density at radius 2 is 2.10 bits per heavy atom. The van der Waals surface area contributed by atoms with Crippen LogP contribution in [0.3, 0.4) is 0 Å². The van der Waals surface area contributed by atoms with E-state index >= 15 is 0 Å². The van der Waals surface area contributed by atoms with E-state index in [-0.39, 0.29) is 12.4 Å². The highest BCUT2D eigenvalue weighted by molar-refractivity contribution is 5.85. The molecular formula is C5H13ClN2O2. The van der Waals surface area contributed by atoms with E-state index in [4.69, 9.17) is 16.6 Å². The Balaban J connectivity index is 0. The summed E-state index contributed by atoms with van der Waals surface area (Å²) in [5, 5.41) is 8.24. The van der Waals surface area contributed by atoms with Crippen LogP contribution in [0.1, 0.15) is 12.8 Å². The lowest BCUT2D eigenvalue weighted by Crippen LogP contribution is -2.30. The molecule has 0 aromatic heterocycles. The average Bonchev–Trinajstić information content (AvgIpc) is 1.82. The number of carboxylic acids is 1. The highest BCUT2D eigenvalue weighted by atomic mass is 35.5. The molecule has 1 atom stereocenters. The summed E-state index contributed by atoms with van der Waals surface area (Å²) in [6.07, 6.45) is 1.14. The molecule has 0 saturated carbocycles. The second-order valence-corrected chi connectivity index (χ2v) is 1.88. The maximum atomic E-state index is 10.0. The molecule has 0 rings (SSSR count). The van der Waals surface area contributed by atoms with Gasteiger partial charge in [0.25, 0.3) is 0 Å². The number of carboxylic acid groups (broad SMARTS) is 1. The Morgan fingerprint density at radius 1 is 1.60 bits per heavy atom. The maximum absolute atomic E-state index is 10.0. The van der Waals surface area contributed by atoms with Gasteiger partial charge in [-0.3, -0.25) is 4.79 Å². The first-order valence-corrected chi connectivity index (χ1v) is 2.87. The molecule has 0 aromatic carbocycles. The molecule has 0 fully saturated rings. The minimum atomic E-state index is -0.955. The van der Waals surface area contributed by atoms with Gasteiger partial charge in [-0.25, -0.2) is 0 Å². The lowest BCUT2D eigenvalue weighted by atomic mass is 11.1. The van der Waals surface area contributed by atoms with Crippen LogP contribution in [-0.4, -0.2) is 23.7 Å². The third kappa shape index (κ3) is 5.81. The minimum absolute atomic E-state index is 0. The van der Waals surface area contributed by atoms with Gasteiger partial charge in [-0.05, 0) is 19.4 Å². The molecule has 0 aliphatic rings. The Hall–Kier alpha value is -0.320. The van der Waals surface area contributed by atoms with Gasteiger partial charge >= 0.3 is 5.97 Å². The number of nitrogens with two attached hydrogens (primary N) is 2. The molecule has 0 aliphatic carbocycles. The first-order chi connectivity index (χ1) is 4.18. The van der Waals surface area contributed by atoms with Crippen LogP contribution in [0, 0.1) is 0 Å². The average molecular weight is 174 g/mol. The summed E-state index contributed by atoms with van der Waals surface area (Å²) in [6, 6.07) is -0.742. The van der Waals surface area contributed by atoms with Crippen molar-refractivity contribution in [3.63, 3.8) is 0 Å². The van der Waals surface area contributed by atoms with Crippen molar-refractivity contribution in [1.29, 1.82) is 0 Å². The van der Waals surface area contributed by atoms with Gasteiger partial charge in [-0.1, -0.05) is 0 Å². The molecular weight excluding hydrogens is 160 g/mol. The van der Waals surface area contributed by atoms with Crippen molar-refractivity contribution in [2.75, 3.05) is 6.54 Å². The fourth-order valence-electron chi connectivity index (χ4n) is 0.461. The predicted octanol–water partition coefficient (Wildman–Crippen LogP) is -0.441. The van der Waals surface area contributed by atoms with E-state index in [1.54, 1.807) is 0 Å². The van der Waals surface area contributed by atoms with Crippen molar-refractivity contribution < 1.29 is 9.90 Å². The smallest absolute Gasteiger partial charge is 0.320 e. The molecule has 0 heterocycles. The lowest BCUT2D eigenvalue weighted by molar-refractivity contribution is -0.138. The zero-order valence-electron chi connectivity index (χ0n) is 5.62. The number of carbonyl (C=O) groups is 1. The van der Waals surface area contributed by atoms with Gasteiger partial charge in [0.05, 0.1) is 0 Å². The van der Waals surface area contributed by atoms with Crippen LogP contribution >= 0.6 is 12.4 Å². The van der Waals surface area contributed by atoms with Gasteiger partial charge in [0.15, 0.2) is 0 Å². The fourth-order valence-corrected chi connectivity index (χ4v) is 0.461. The highest BCUT2D eigenvalue weighted by Gasteiger charge is 2.08. The topological polar surface area (TPSA) is 89.3 Å². The normalized spacial score (nSPS) is 11.8. The third-order valence-corrected chi connectivity index (χ3v) is 1.04. The highest BCUT2D eigenvalue weighted by Crippen LogP contribution is 1.91. The molecule has 0 aromatic rings. The lowest BCUT2D eigenvalue weighted by Gasteiger charge is -2.02. The SMILES string of the molecule is Cl.N[13CH2][13CH2][13CH2][13C@H](N)[13C](=O)O. The molecule has 0 amide bonds. The maximum Gasteiger partial charge on any atom is 0.320 e. The van der Waals surface area contributed by atoms with Crippen LogP contribution < -0.4 is 11.5 Å². The van der Waals surface area contributed by atoms with Crippen LogP contribution in [0.15, 0.2) is 0 Å². The van der Waals surface area contributed by atoms with E-state index in [1.165, 1.54) is 0 Å². The van der Waals surface area contributed by atoms with Crippen LogP contribution in [0.5, 0.6) is 0 Å². The van der Waals surface area contributed by atoms with Gasteiger partial charge in [0, 0.05) is 0 Å². The summed E-state index contributed by atoms with van der Waals surface area (Å²) in [6.45, 7) is 0.501. The number of hydrogen-bond acceptors (Lipinski definition) is 3. The summed E-state index contributed by atoms with van der Waals surface area (Å²) in [4.78, 5) is 10.0. The van der Waals surface area contributed by atoms with Crippen LogP contribution in [0.25, 0.3) is 0 Å². The van der Waals surface area contributed by atoms with E-state index in [9.17, 15) is 4.79 Å². The van der Waals surface area contributed by atoms with Gasteiger partial charge < -0.3 is 16.6 Å². The van der Waals surface area contributed by atoms with Crippen LogP contribution in [-0.2, 0) is 4.79 Å². The van der Waals surface area contributed by atoms with E-state index in [0.717, 1.165) is 0 Å². The van der Waals surface area contributed by atoms with Gasteiger partial charge in [0.2, 0.25) is 0 Å². The summed E-state index contributed by atoms with van der Waals surface area (Å²) in [7, 11) is 0. The second-order valence-electron chi connectivity index (χ2n) is 1.88. The van der Waals surface area contributed by atoms with Crippen molar-refractivity contribution in [2.45, 2.75) is 18.9 Å². The van der Waals surface area contributed by atoms with E-state index in [2.05, 4.69) is 0 Å². The summed E-state index contributed by atoms with van der Waals surface area (Å²) >= 11 is 0. The summed E-state index contributed by atoms with van der Waals surface area (Å²) in [5.41, 5.74) is 10.3. The number of hydrogen-bond donors (Lipinski definition) is 3. The molecule has 4 nitrogen and oxygen atoms in total. The van der Waals surface area contributed by atoms with Crippen LogP contribution in [0.4, 0.5) is 0 Å². The second kappa shape index (κ2) is 6.80. The molecule has 62 valence electrons. The quantitative estimate of drug-likeness (QED) is 0.503. The van der Waals surface area contributed by atoms with Gasteiger partial charge in [0.1, 0.15) is 6.04 Å². The monoisotopic (exact) mass is 173 g/mol. The van der Waals surface area contributed by atoms with E-state index in [0.29, 0.717) is 19.4 Å². The Kier molecular flexibility index (Phi) is 8.40. The largest absolute Gasteiger partial charge is 0.480 e. The third-order valence-electron chi connectivity index (χ3n) is 1.04. The van der Waals surface area contributed by atoms with Crippen molar-refractivity contribution in [1.82, 2.24) is 0 Å². The first kappa shape index (κ1) is 12.4. The Morgan fingerprint density at radius 3 is 2.40 bits per heavy atom. The molecule has 0 unspecified atom stereocenters. The standard InChI is InChI=1S/C5H12N2O2.ClH/c6-3-1-2-4(7)5(8)9;/h4H,1-3,6-7H2,(H,8,9);1H/t4-;/m0./s1/i1+1,2+1,3+1,4+1,5+1;. The zero-order valence-corrected chi connectivity index (χ0v) is 6.43. The molecule has 10 heavy (non-hydrogen) atoms. The van der Waals surface area contributed by atoms with Crippen molar-refractivity contribution in [3.8, 4) is 0 Å². The molecule has 0 bridgehead atoms. The first-order valence-electron chi connectivity index (χ1n) is 2.87. The zero-order chi connectivity index (χ0) is 7.28. The molecule has 0 radical (unpaired) electrons. The fraction of sp³-hybridized carbons (Fsp3) is 0.800. The van der Waals surface area contributed by atoms with Crippen LogP contribution in [0.2, 0.25) is 0 Å².